The Bertz CT molecular complexity index is 1240. The minimum Gasteiger partial charge on any atom is -0.369 e. The number of hydrogen-bond donors (Lipinski definition) is 1. The second-order valence-corrected chi connectivity index (χ2v) is 10.00. The summed E-state index contributed by atoms with van der Waals surface area (Å²) in [6.45, 7) is 4.06. The lowest BCUT2D eigenvalue weighted by molar-refractivity contribution is 0.0992. The molecule has 7 heteroatoms. The number of amides is 1. The van der Waals surface area contributed by atoms with E-state index in [0.29, 0.717) is 17.2 Å². The highest BCUT2D eigenvalue weighted by atomic mass is 16.1. The van der Waals surface area contributed by atoms with Gasteiger partial charge in [0.05, 0.1) is 0 Å². The van der Waals surface area contributed by atoms with Gasteiger partial charge >= 0.3 is 5.91 Å². The molecule has 0 radical (unpaired) electrons. The van der Waals surface area contributed by atoms with Crippen molar-refractivity contribution in [3.63, 3.8) is 0 Å². The van der Waals surface area contributed by atoms with E-state index in [2.05, 4.69) is 68.4 Å². The Labute approximate surface area is 212 Å². The number of nitrogens with two attached hydrogens (primary N) is 1. The molecule has 3 aromatic carbocycles. The highest BCUT2D eigenvalue weighted by molar-refractivity contribution is 5.94. The summed E-state index contributed by atoms with van der Waals surface area (Å²) in [5, 5.41) is 7.86. The van der Waals surface area contributed by atoms with Gasteiger partial charge in [-0.25, -0.2) is 0 Å². The third-order valence-electron chi connectivity index (χ3n) is 7.41. The molecule has 1 saturated carbocycles. The Hall–Kier alpha value is -3.64. The average molecular weight is 482 g/mol. The van der Waals surface area contributed by atoms with Crippen LogP contribution in [0.5, 0.6) is 0 Å². The molecular weight excluding hydrogens is 448 g/mol. The molecule has 1 aliphatic carbocycles. The van der Waals surface area contributed by atoms with Crippen molar-refractivity contribution in [2.75, 3.05) is 38.1 Å². The summed E-state index contributed by atoms with van der Waals surface area (Å²) < 4.78 is 0. The predicted octanol–water partition coefficient (Wildman–Crippen LogP) is 4.70. The minimum atomic E-state index is -0.399. The normalized spacial score (nSPS) is 21.5. The highest BCUT2D eigenvalue weighted by Crippen LogP contribution is 2.52. The second kappa shape index (κ2) is 10.5. The number of hydrogen-bond acceptors (Lipinski definition) is 5. The number of carbonyl (C=O) groups is 1. The van der Waals surface area contributed by atoms with Gasteiger partial charge in [-0.05, 0) is 73.8 Å². The fourth-order valence-electron chi connectivity index (χ4n) is 4.89. The molecule has 3 aromatic rings. The summed E-state index contributed by atoms with van der Waals surface area (Å²) in [6, 6.07) is 25.9. The van der Waals surface area contributed by atoms with Crippen LogP contribution in [-0.2, 0) is 6.42 Å². The Morgan fingerprint density at radius 3 is 2.36 bits per heavy atom. The van der Waals surface area contributed by atoms with Crippen LogP contribution < -0.4 is 15.5 Å². The maximum absolute atomic E-state index is 12.4. The molecule has 0 bridgehead atoms. The van der Waals surface area contributed by atoms with Gasteiger partial charge < -0.3 is 15.5 Å². The molecule has 2 N–H and O–H groups in total. The van der Waals surface area contributed by atoms with Crippen LogP contribution in [0.2, 0.25) is 0 Å². The summed E-state index contributed by atoms with van der Waals surface area (Å²) >= 11 is 0. The minimum absolute atomic E-state index is 0.138. The maximum atomic E-state index is 12.4. The number of aryl methyl sites for hydroxylation is 1. The fourth-order valence-corrected chi connectivity index (χ4v) is 4.89. The van der Waals surface area contributed by atoms with E-state index in [4.69, 9.17) is 5.73 Å². The smallest absolute Gasteiger partial charge is 0.360 e. The van der Waals surface area contributed by atoms with Crippen molar-refractivity contribution in [3.05, 3.63) is 95.6 Å². The first-order valence-electron chi connectivity index (χ1n) is 12.6. The van der Waals surface area contributed by atoms with E-state index in [1.165, 1.54) is 11.1 Å². The van der Waals surface area contributed by atoms with Gasteiger partial charge in [0.1, 0.15) is 0 Å². The van der Waals surface area contributed by atoms with Crippen LogP contribution in [-0.4, -0.2) is 49.6 Å². The molecule has 2 unspecified atom stereocenters. The summed E-state index contributed by atoms with van der Waals surface area (Å²) in [5.41, 5.74) is 11.3. The fraction of sp³-hybridized carbons (Fsp3) is 0.345. The number of rotatable bonds is 7. The zero-order valence-corrected chi connectivity index (χ0v) is 20.8. The first-order valence-corrected chi connectivity index (χ1v) is 12.6. The van der Waals surface area contributed by atoms with Crippen molar-refractivity contribution in [1.29, 1.82) is 0 Å². The molecule has 1 amide bonds. The van der Waals surface area contributed by atoms with E-state index in [9.17, 15) is 4.79 Å². The molecule has 2 atom stereocenters. The van der Waals surface area contributed by atoms with Crippen molar-refractivity contribution in [3.8, 4) is 0 Å². The first-order chi connectivity index (χ1) is 17.5. The van der Waals surface area contributed by atoms with Crippen molar-refractivity contribution in [1.82, 2.24) is 9.81 Å². The van der Waals surface area contributed by atoms with Crippen LogP contribution in [0.25, 0.3) is 0 Å². The standard InChI is InChI=1S/C29H33N6O/c1-34-17-19-35(20-18-34)26-13-9-24(10-14-26)28(36)32-33-31-25-11-7-23(8-12-25)27-21-29(27,30)16-15-22-5-3-2-4-6-22/h2-14,27H,15-21,30H2,1H3/q+1. The van der Waals surface area contributed by atoms with Gasteiger partial charge in [0.25, 0.3) is 0 Å². The van der Waals surface area contributed by atoms with Crippen molar-refractivity contribution >= 4 is 17.3 Å². The van der Waals surface area contributed by atoms with Gasteiger partial charge in [-0.2, -0.15) is 0 Å². The number of benzene rings is 3. The third-order valence-corrected chi connectivity index (χ3v) is 7.41. The summed E-state index contributed by atoms with van der Waals surface area (Å²) in [6.07, 6.45) is 2.97. The van der Waals surface area contributed by atoms with Crippen LogP contribution in [0, 0.1) is 0 Å². The zero-order chi connectivity index (χ0) is 25.0. The lowest BCUT2D eigenvalue weighted by atomic mass is 9.99. The van der Waals surface area contributed by atoms with E-state index in [1.807, 2.05) is 30.3 Å². The first kappa shape index (κ1) is 24.1. The molecular formula is C29H33N6O+. The molecule has 5 rings (SSSR count). The molecule has 2 fully saturated rings. The second-order valence-electron chi connectivity index (χ2n) is 10.00. The molecule has 0 aromatic heterocycles. The lowest BCUT2D eigenvalue weighted by Gasteiger charge is -2.34. The van der Waals surface area contributed by atoms with Crippen LogP contribution in [0.4, 0.5) is 11.4 Å². The quantitative estimate of drug-likeness (QED) is 0.391. The molecule has 1 heterocycles. The Balaban J connectivity index is 1.14. The lowest BCUT2D eigenvalue weighted by Crippen LogP contribution is -2.44. The molecule has 1 aliphatic heterocycles. The summed E-state index contributed by atoms with van der Waals surface area (Å²) in [7, 11) is 2.13. The Morgan fingerprint density at radius 1 is 0.972 bits per heavy atom. The molecule has 2 aliphatic rings. The van der Waals surface area contributed by atoms with E-state index < -0.39 is 5.91 Å². The van der Waals surface area contributed by atoms with Crippen LogP contribution in [0.3, 0.4) is 0 Å². The van der Waals surface area contributed by atoms with E-state index in [0.717, 1.165) is 51.1 Å². The van der Waals surface area contributed by atoms with Crippen molar-refractivity contribution < 1.29 is 4.79 Å². The monoisotopic (exact) mass is 481 g/mol. The van der Waals surface area contributed by atoms with Crippen LogP contribution in [0.15, 0.2) is 89.1 Å². The highest BCUT2D eigenvalue weighted by Gasteiger charge is 2.50. The number of likely N-dealkylation sites (N-methyl/N-ethyl adjacent to an activating group) is 1. The Morgan fingerprint density at radius 2 is 1.67 bits per heavy atom. The van der Waals surface area contributed by atoms with E-state index in [-0.39, 0.29) is 5.54 Å². The molecule has 1 saturated heterocycles. The largest absolute Gasteiger partial charge is 0.369 e. The molecule has 0 spiro atoms. The van der Waals surface area contributed by atoms with Crippen molar-refractivity contribution in [2.45, 2.75) is 30.7 Å². The predicted molar refractivity (Wildman–Crippen MR) is 143 cm³/mol. The number of nitrogens with zero attached hydrogens (tertiary/aromatic N) is 5. The van der Waals surface area contributed by atoms with E-state index in [1.54, 1.807) is 12.1 Å². The molecule has 184 valence electrons. The number of anilines is 1. The molecule has 7 nitrogen and oxygen atoms in total. The Kier molecular flexibility index (Phi) is 7.05. The van der Waals surface area contributed by atoms with E-state index >= 15 is 0 Å². The topological polar surface area (TPSA) is 88.4 Å². The number of piperazine rings is 1. The maximum Gasteiger partial charge on any atom is 0.360 e. The van der Waals surface area contributed by atoms with Gasteiger partial charge in [0.15, 0.2) is 10.8 Å². The van der Waals surface area contributed by atoms with Gasteiger partial charge in [-0.1, -0.05) is 42.5 Å². The van der Waals surface area contributed by atoms with Gasteiger partial charge in [-0.15, -0.1) is 0 Å². The van der Waals surface area contributed by atoms with Crippen LogP contribution in [0.1, 0.15) is 40.2 Å². The van der Waals surface area contributed by atoms with Crippen LogP contribution >= 0.6 is 0 Å². The van der Waals surface area contributed by atoms with Crippen molar-refractivity contribution in [2.24, 2.45) is 16.0 Å². The summed E-state index contributed by atoms with van der Waals surface area (Å²) in [5.74, 6) is -0.0307. The van der Waals surface area contributed by atoms with Gasteiger partial charge in [-0.3, -0.25) is 4.79 Å². The number of carbonyl (C=O) groups excluding carboxylic acids is 1. The SMILES string of the molecule is CN1CCN(c2ccc(C(=O)N=[N+]=Nc3ccc(C4CC4(N)CCc4ccccc4)cc3)cc2)CC1. The molecule has 36 heavy (non-hydrogen) atoms. The van der Waals surface area contributed by atoms with Gasteiger partial charge in [0, 0.05) is 48.9 Å². The average Bonchev–Trinajstić information content (AvgIpc) is 3.60. The zero-order valence-electron chi connectivity index (χ0n) is 20.8. The third kappa shape index (κ3) is 5.77. The summed E-state index contributed by atoms with van der Waals surface area (Å²) in [4.78, 5) is 20.8. The van der Waals surface area contributed by atoms with Gasteiger partial charge in [0.2, 0.25) is 10.0 Å².